The summed E-state index contributed by atoms with van der Waals surface area (Å²) in [6.45, 7) is 0.498. The van der Waals surface area contributed by atoms with E-state index < -0.39 is 0 Å². The van der Waals surface area contributed by atoms with Crippen molar-refractivity contribution >= 4 is 22.9 Å². The zero-order chi connectivity index (χ0) is 12.4. The Labute approximate surface area is 102 Å². The Morgan fingerprint density at radius 3 is 3.11 bits per heavy atom. The van der Waals surface area contributed by atoms with Crippen molar-refractivity contribution < 1.29 is 0 Å². The van der Waals surface area contributed by atoms with Crippen LogP contribution in [0.5, 0.6) is 0 Å². The van der Waals surface area contributed by atoms with Crippen LogP contribution in [0, 0.1) is 0 Å². The van der Waals surface area contributed by atoms with Crippen molar-refractivity contribution in [1.29, 1.82) is 0 Å². The minimum absolute atomic E-state index is 0.177. The van der Waals surface area contributed by atoms with Crippen LogP contribution in [-0.2, 0) is 6.54 Å². The Morgan fingerprint density at radius 2 is 2.28 bits per heavy atom. The molecule has 18 heavy (non-hydrogen) atoms. The molecule has 0 atom stereocenters. The van der Waals surface area contributed by atoms with Crippen LogP contribution in [0.2, 0.25) is 0 Å². The second-order valence-electron chi connectivity index (χ2n) is 3.60. The van der Waals surface area contributed by atoms with Gasteiger partial charge in [0.05, 0.1) is 18.6 Å². The average molecular weight is 242 g/mol. The van der Waals surface area contributed by atoms with Crippen molar-refractivity contribution in [3.05, 3.63) is 30.4 Å². The number of anilines is 2. The van der Waals surface area contributed by atoms with Gasteiger partial charge in [-0.05, 0) is 12.1 Å². The maximum atomic E-state index is 5.61. The van der Waals surface area contributed by atoms with Crippen molar-refractivity contribution in [2.45, 2.75) is 6.54 Å². The van der Waals surface area contributed by atoms with Crippen LogP contribution >= 0.6 is 0 Å². The molecule has 0 radical (unpaired) electrons. The highest BCUT2D eigenvalue weighted by atomic mass is 15.1. The van der Waals surface area contributed by atoms with Gasteiger partial charge in [-0.15, -0.1) is 0 Å². The number of fused-ring (bicyclic) bond motifs is 1. The minimum Gasteiger partial charge on any atom is -0.368 e. The number of aromatic nitrogens is 6. The third-order valence-corrected chi connectivity index (χ3v) is 2.37. The monoisotopic (exact) mass is 242 g/mol. The summed E-state index contributed by atoms with van der Waals surface area (Å²) in [5.74, 6) is 0.775. The second-order valence-corrected chi connectivity index (χ2v) is 3.60. The summed E-state index contributed by atoms with van der Waals surface area (Å²) in [7, 11) is 0. The van der Waals surface area contributed by atoms with Crippen LogP contribution in [0.15, 0.2) is 24.7 Å². The Balaban J connectivity index is 1.88. The lowest BCUT2D eigenvalue weighted by atomic mass is 10.4. The fraction of sp³-hybridized carbons (Fsp3) is 0.100. The lowest BCUT2D eigenvalue weighted by molar-refractivity contribution is 0.921. The zero-order valence-corrected chi connectivity index (χ0v) is 9.33. The van der Waals surface area contributed by atoms with Crippen molar-refractivity contribution in [2.24, 2.45) is 0 Å². The number of H-pyrrole nitrogens is 1. The molecule has 0 saturated carbocycles. The van der Waals surface area contributed by atoms with E-state index in [1.54, 1.807) is 12.5 Å². The quantitative estimate of drug-likeness (QED) is 0.605. The first-order valence-electron chi connectivity index (χ1n) is 5.30. The number of nitrogens with zero attached hydrogens (tertiary/aromatic N) is 5. The Bertz CT molecular complexity index is 662. The summed E-state index contributed by atoms with van der Waals surface area (Å²) in [4.78, 5) is 15.1. The number of hydrogen-bond donors (Lipinski definition) is 3. The van der Waals surface area contributed by atoms with E-state index in [9.17, 15) is 0 Å². The number of hydrogen-bond acceptors (Lipinski definition) is 7. The molecule has 0 bridgehead atoms. The van der Waals surface area contributed by atoms with E-state index in [0.29, 0.717) is 23.5 Å². The molecule has 0 amide bonds. The number of nitrogens with one attached hydrogen (secondary N) is 2. The van der Waals surface area contributed by atoms with Gasteiger partial charge in [0.25, 0.3) is 0 Å². The van der Waals surface area contributed by atoms with E-state index >= 15 is 0 Å². The summed E-state index contributed by atoms with van der Waals surface area (Å²) in [6.07, 6.45) is 3.17. The van der Waals surface area contributed by atoms with Crippen LogP contribution < -0.4 is 11.1 Å². The molecule has 3 rings (SSSR count). The molecular weight excluding hydrogens is 232 g/mol. The van der Waals surface area contributed by atoms with Gasteiger partial charge in [-0.25, -0.2) is 4.98 Å². The fourth-order valence-corrected chi connectivity index (χ4v) is 1.58. The smallest absolute Gasteiger partial charge is 0.224 e. The number of imidazole rings is 1. The van der Waals surface area contributed by atoms with Gasteiger partial charge in [-0.3, -0.25) is 0 Å². The average Bonchev–Trinajstić information content (AvgIpc) is 2.85. The number of nitrogens with two attached hydrogens (primary N) is 1. The van der Waals surface area contributed by atoms with E-state index in [2.05, 4.69) is 35.5 Å². The van der Waals surface area contributed by atoms with Gasteiger partial charge in [0.2, 0.25) is 5.95 Å². The van der Waals surface area contributed by atoms with E-state index in [0.717, 1.165) is 5.69 Å². The van der Waals surface area contributed by atoms with Gasteiger partial charge >= 0.3 is 0 Å². The molecule has 0 spiro atoms. The van der Waals surface area contributed by atoms with E-state index in [-0.39, 0.29) is 5.95 Å². The Kier molecular flexibility index (Phi) is 2.45. The van der Waals surface area contributed by atoms with Gasteiger partial charge in [0.15, 0.2) is 11.5 Å². The highest BCUT2D eigenvalue weighted by Gasteiger charge is 2.08. The van der Waals surface area contributed by atoms with Crippen LogP contribution in [0.25, 0.3) is 11.2 Å². The van der Waals surface area contributed by atoms with Gasteiger partial charge in [0.1, 0.15) is 5.52 Å². The molecule has 8 heteroatoms. The Hall–Kier alpha value is -2.77. The first-order chi connectivity index (χ1) is 8.83. The lowest BCUT2D eigenvalue weighted by Gasteiger charge is -2.05. The molecule has 0 unspecified atom stereocenters. The van der Waals surface area contributed by atoms with Gasteiger partial charge in [-0.1, -0.05) is 0 Å². The highest BCUT2D eigenvalue weighted by Crippen LogP contribution is 2.17. The molecule has 90 valence electrons. The van der Waals surface area contributed by atoms with Crippen molar-refractivity contribution in [3.63, 3.8) is 0 Å². The maximum Gasteiger partial charge on any atom is 0.224 e. The first-order valence-corrected chi connectivity index (χ1v) is 5.30. The summed E-state index contributed by atoms with van der Waals surface area (Å²) < 4.78 is 0. The predicted octanol–water partition coefficient (Wildman–Crippen LogP) is 0.337. The fourth-order valence-electron chi connectivity index (χ4n) is 1.58. The van der Waals surface area contributed by atoms with Crippen LogP contribution in [-0.4, -0.2) is 30.1 Å². The Morgan fingerprint density at radius 1 is 1.33 bits per heavy atom. The van der Waals surface area contributed by atoms with Crippen molar-refractivity contribution in [1.82, 2.24) is 30.1 Å². The van der Waals surface area contributed by atoms with Gasteiger partial charge < -0.3 is 16.0 Å². The normalized spacial score (nSPS) is 10.7. The molecule has 0 aliphatic carbocycles. The molecular formula is C10H10N8. The van der Waals surface area contributed by atoms with Crippen LogP contribution in [0.1, 0.15) is 5.69 Å². The number of nitrogen functional groups attached to an aromatic ring is 1. The summed E-state index contributed by atoms with van der Waals surface area (Å²) in [5.41, 5.74) is 7.66. The zero-order valence-electron chi connectivity index (χ0n) is 9.33. The molecule has 3 heterocycles. The summed E-state index contributed by atoms with van der Waals surface area (Å²) >= 11 is 0. The standard InChI is InChI=1S/C10H10N8/c11-10-16-8(7-9(17-10)14-5-13-7)12-4-6-2-1-3-15-18-6/h1-3,5H,4H2,(H4,11,12,13,14,16,17). The number of rotatable bonds is 3. The number of aromatic amines is 1. The molecule has 0 aliphatic heterocycles. The SMILES string of the molecule is Nc1nc(NCc2cccnn2)c2[nH]cnc2n1. The predicted molar refractivity (Wildman–Crippen MR) is 65.5 cm³/mol. The third-order valence-electron chi connectivity index (χ3n) is 2.37. The van der Waals surface area contributed by atoms with E-state index in [1.807, 2.05) is 12.1 Å². The first kappa shape index (κ1) is 10.4. The van der Waals surface area contributed by atoms with Gasteiger partial charge in [-0.2, -0.15) is 20.2 Å². The topological polar surface area (TPSA) is 118 Å². The van der Waals surface area contributed by atoms with Crippen molar-refractivity contribution in [3.8, 4) is 0 Å². The maximum absolute atomic E-state index is 5.61. The van der Waals surface area contributed by atoms with Crippen molar-refractivity contribution in [2.75, 3.05) is 11.1 Å². The molecule has 0 saturated heterocycles. The summed E-state index contributed by atoms with van der Waals surface area (Å²) in [5, 5.41) is 10.9. The molecule has 0 fully saturated rings. The summed E-state index contributed by atoms with van der Waals surface area (Å²) in [6, 6.07) is 3.69. The highest BCUT2D eigenvalue weighted by molar-refractivity contribution is 5.83. The molecule has 0 aromatic carbocycles. The molecule has 3 aromatic heterocycles. The molecule has 4 N–H and O–H groups in total. The van der Waals surface area contributed by atoms with Crippen LogP contribution in [0.4, 0.5) is 11.8 Å². The second kappa shape index (κ2) is 4.24. The van der Waals surface area contributed by atoms with E-state index in [4.69, 9.17) is 5.73 Å². The third kappa shape index (κ3) is 1.90. The largest absolute Gasteiger partial charge is 0.368 e. The molecule has 0 aliphatic rings. The molecule has 8 nitrogen and oxygen atoms in total. The van der Waals surface area contributed by atoms with Crippen LogP contribution in [0.3, 0.4) is 0 Å². The lowest BCUT2D eigenvalue weighted by Crippen LogP contribution is -2.06. The molecule has 3 aromatic rings. The van der Waals surface area contributed by atoms with Gasteiger partial charge in [0, 0.05) is 6.20 Å². The van der Waals surface area contributed by atoms with E-state index in [1.165, 1.54) is 0 Å². The minimum atomic E-state index is 0.177.